The third-order valence-corrected chi connectivity index (χ3v) is 2.58. The van der Waals surface area contributed by atoms with Gasteiger partial charge in [-0.05, 0) is 37.6 Å². The van der Waals surface area contributed by atoms with E-state index in [0.717, 1.165) is 5.56 Å². The lowest BCUT2D eigenvalue weighted by Gasteiger charge is -2.11. The molecule has 0 aromatic heterocycles. The number of benzene rings is 1. The summed E-state index contributed by atoms with van der Waals surface area (Å²) in [5.74, 6) is -0.118. The molecule has 0 unspecified atom stereocenters. The number of rotatable bonds is 3. The fraction of sp³-hybridized carbons (Fsp3) is 0.364. The second kappa shape index (κ2) is 5.14. The SMILES string of the molecule is Cc1cc(C(=O)N[C@H](C)CN)ccc1Cl. The first-order valence-corrected chi connectivity index (χ1v) is 5.19. The summed E-state index contributed by atoms with van der Waals surface area (Å²) in [7, 11) is 0. The molecular weight excluding hydrogens is 212 g/mol. The highest BCUT2D eigenvalue weighted by atomic mass is 35.5. The molecule has 1 amide bonds. The molecule has 1 aromatic rings. The molecule has 0 aliphatic heterocycles. The van der Waals surface area contributed by atoms with Gasteiger partial charge in [0.1, 0.15) is 0 Å². The van der Waals surface area contributed by atoms with Crippen molar-refractivity contribution in [3.63, 3.8) is 0 Å². The van der Waals surface area contributed by atoms with Gasteiger partial charge in [0.15, 0.2) is 0 Å². The van der Waals surface area contributed by atoms with Crippen LogP contribution in [0.2, 0.25) is 5.02 Å². The smallest absolute Gasteiger partial charge is 0.251 e. The van der Waals surface area contributed by atoms with Crippen LogP contribution in [0.5, 0.6) is 0 Å². The molecule has 0 saturated carbocycles. The van der Waals surface area contributed by atoms with Crippen LogP contribution >= 0.6 is 11.6 Å². The molecule has 0 spiro atoms. The third kappa shape index (κ3) is 3.22. The van der Waals surface area contributed by atoms with Crippen LogP contribution in [-0.2, 0) is 0 Å². The van der Waals surface area contributed by atoms with Crippen molar-refractivity contribution in [3.8, 4) is 0 Å². The summed E-state index contributed by atoms with van der Waals surface area (Å²) in [6.07, 6.45) is 0. The highest BCUT2D eigenvalue weighted by molar-refractivity contribution is 6.31. The van der Waals surface area contributed by atoms with Gasteiger partial charge >= 0.3 is 0 Å². The molecule has 3 N–H and O–H groups in total. The highest BCUT2D eigenvalue weighted by Crippen LogP contribution is 2.16. The van der Waals surface area contributed by atoms with E-state index in [-0.39, 0.29) is 11.9 Å². The molecule has 82 valence electrons. The quantitative estimate of drug-likeness (QED) is 0.825. The predicted molar refractivity (Wildman–Crippen MR) is 62.2 cm³/mol. The average Bonchev–Trinajstić information content (AvgIpc) is 2.21. The summed E-state index contributed by atoms with van der Waals surface area (Å²) in [5.41, 5.74) is 6.92. The first-order valence-electron chi connectivity index (χ1n) is 4.81. The number of hydrogen-bond acceptors (Lipinski definition) is 2. The van der Waals surface area contributed by atoms with Crippen molar-refractivity contribution in [3.05, 3.63) is 34.3 Å². The number of hydrogen-bond donors (Lipinski definition) is 2. The van der Waals surface area contributed by atoms with E-state index in [1.165, 1.54) is 0 Å². The Kier molecular flexibility index (Phi) is 4.12. The molecule has 0 fully saturated rings. The van der Waals surface area contributed by atoms with Gasteiger partial charge in [-0.2, -0.15) is 0 Å². The molecule has 1 aromatic carbocycles. The van der Waals surface area contributed by atoms with Crippen molar-refractivity contribution in [2.45, 2.75) is 19.9 Å². The molecule has 0 aliphatic rings. The fourth-order valence-electron chi connectivity index (χ4n) is 1.15. The van der Waals surface area contributed by atoms with Gasteiger partial charge in [0, 0.05) is 23.2 Å². The van der Waals surface area contributed by atoms with Crippen molar-refractivity contribution in [2.75, 3.05) is 6.54 Å². The molecule has 0 radical (unpaired) electrons. The summed E-state index contributed by atoms with van der Waals surface area (Å²) < 4.78 is 0. The topological polar surface area (TPSA) is 55.1 Å². The third-order valence-electron chi connectivity index (χ3n) is 2.15. The van der Waals surface area contributed by atoms with Crippen LogP contribution in [0.15, 0.2) is 18.2 Å². The van der Waals surface area contributed by atoms with Crippen LogP contribution in [0.25, 0.3) is 0 Å². The van der Waals surface area contributed by atoms with Crippen molar-refractivity contribution in [1.82, 2.24) is 5.32 Å². The Balaban J connectivity index is 2.78. The molecule has 3 nitrogen and oxygen atoms in total. The molecule has 0 saturated heterocycles. The van der Waals surface area contributed by atoms with Gasteiger partial charge in [0.25, 0.3) is 5.91 Å². The number of nitrogens with one attached hydrogen (secondary N) is 1. The minimum absolute atomic E-state index is 0.0199. The lowest BCUT2D eigenvalue weighted by molar-refractivity contribution is 0.0941. The van der Waals surface area contributed by atoms with E-state index in [1.807, 2.05) is 13.8 Å². The van der Waals surface area contributed by atoms with E-state index in [1.54, 1.807) is 18.2 Å². The van der Waals surface area contributed by atoms with Gasteiger partial charge < -0.3 is 11.1 Å². The molecule has 0 bridgehead atoms. The Labute approximate surface area is 94.6 Å². The molecule has 1 rings (SSSR count). The Hall–Kier alpha value is -1.06. The number of nitrogens with two attached hydrogens (primary N) is 1. The zero-order valence-electron chi connectivity index (χ0n) is 8.88. The largest absolute Gasteiger partial charge is 0.348 e. The van der Waals surface area contributed by atoms with Crippen LogP contribution in [-0.4, -0.2) is 18.5 Å². The van der Waals surface area contributed by atoms with E-state index in [2.05, 4.69) is 5.32 Å². The van der Waals surface area contributed by atoms with Gasteiger partial charge in [-0.25, -0.2) is 0 Å². The summed E-state index contributed by atoms with van der Waals surface area (Å²) >= 11 is 5.87. The lowest BCUT2D eigenvalue weighted by Crippen LogP contribution is -2.37. The molecular formula is C11H15ClN2O. The number of halogens is 1. The van der Waals surface area contributed by atoms with E-state index in [0.29, 0.717) is 17.1 Å². The zero-order chi connectivity index (χ0) is 11.4. The Morgan fingerprint density at radius 2 is 2.27 bits per heavy atom. The van der Waals surface area contributed by atoms with Crippen molar-refractivity contribution in [2.24, 2.45) is 5.73 Å². The van der Waals surface area contributed by atoms with Crippen molar-refractivity contribution in [1.29, 1.82) is 0 Å². The summed E-state index contributed by atoms with van der Waals surface area (Å²) in [5, 5.41) is 3.45. The molecule has 1 atom stereocenters. The van der Waals surface area contributed by atoms with Gasteiger partial charge in [0.05, 0.1) is 0 Å². The van der Waals surface area contributed by atoms with Crippen molar-refractivity contribution < 1.29 is 4.79 Å². The Morgan fingerprint density at radius 1 is 1.60 bits per heavy atom. The van der Waals surface area contributed by atoms with E-state index in [4.69, 9.17) is 17.3 Å². The first kappa shape index (κ1) is 12.0. The van der Waals surface area contributed by atoms with Gasteiger partial charge in [-0.1, -0.05) is 11.6 Å². The highest BCUT2D eigenvalue weighted by Gasteiger charge is 2.09. The standard InChI is InChI=1S/C11H15ClN2O/c1-7-5-9(3-4-10(7)12)11(15)14-8(2)6-13/h3-5,8H,6,13H2,1-2H3,(H,14,15)/t8-/m1/s1. The van der Waals surface area contributed by atoms with Crippen LogP contribution in [0.1, 0.15) is 22.8 Å². The number of aryl methyl sites for hydroxylation is 1. The average molecular weight is 227 g/mol. The van der Waals surface area contributed by atoms with Gasteiger partial charge in [-0.3, -0.25) is 4.79 Å². The Morgan fingerprint density at radius 3 is 2.80 bits per heavy atom. The van der Waals surface area contributed by atoms with Crippen LogP contribution in [0.3, 0.4) is 0 Å². The lowest BCUT2D eigenvalue weighted by atomic mass is 10.1. The molecule has 4 heteroatoms. The maximum Gasteiger partial charge on any atom is 0.251 e. The predicted octanol–water partition coefficient (Wildman–Crippen LogP) is 1.73. The summed E-state index contributed by atoms with van der Waals surface area (Å²) in [4.78, 5) is 11.7. The summed E-state index contributed by atoms with van der Waals surface area (Å²) in [6.45, 7) is 4.16. The van der Waals surface area contributed by atoms with E-state index >= 15 is 0 Å². The fourth-order valence-corrected chi connectivity index (χ4v) is 1.27. The minimum atomic E-state index is -0.118. The minimum Gasteiger partial charge on any atom is -0.348 e. The maximum atomic E-state index is 11.7. The number of amides is 1. The second-order valence-electron chi connectivity index (χ2n) is 3.57. The van der Waals surface area contributed by atoms with Gasteiger partial charge in [0.2, 0.25) is 0 Å². The molecule has 0 heterocycles. The van der Waals surface area contributed by atoms with Crippen LogP contribution < -0.4 is 11.1 Å². The van der Waals surface area contributed by atoms with Crippen LogP contribution in [0.4, 0.5) is 0 Å². The van der Waals surface area contributed by atoms with Crippen molar-refractivity contribution >= 4 is 17.5 Å². The maximum absolute atomic E-state index is 11.7. The van der Waals surface area contributed by atoms with Gasteiger partial charge in [-0.15, -0.1) is 0 Å². The van der Waals surface area contributed by atoms with Crippen LogP contribution in [0, 0.1) is 6.92 Å². The number of carbonyl (C=O) groups is 1. The number of carbonyl (C=O) groups excluding carboxylic acids is 1. The first-order chi connectivity index (χ1) is 7.04. The zero-order valence-corrected chi connectivity index (χ0v) is 9.64. The molecule has 15 heavy (non-hydrogen) atoms. The van der Waals surface area contributed by atoms with E-state index < -0.39 is 0 Å². The normalized spacial score (nSPS) is 12.3. The monoisotopic (exact) mass is 226 g/mol. The van der Waals surface area contributed by atoms with E-state index in [9.17, 15) is 4.79 Å². The Bertz CT molecular complexity index is 366. The second-order valence-corrected chi connectivity index (χ2v) is 3.98. The molecule has 0 aliphatic carbocycles. The summed E-state index contributed by atoms with van der Waals surface area (Å²) in [6, 6.07) is 5.17.